The second-order valence-electron chi connectivity index (χ2n) is 5.55. The number of aryl methyl sites for hydroxylation is 1. The molecule has 2 heteroatoms. The van der Waals surface area contributed by atoms with Gasteiger partial charge in [-0.2, -0.15) is 0 Å². The van der Waals surface area contributed by atoms with Crippen molar-refractivity contribution in [1.29, 1.82) is 0 Å². The van der Waals surface area contributed by atoms with Crippen molar-refractivity contribution in [3.63, 3.8) is 0 Å². The molecule has 0 aromatic heterocycles. The fraction of sp³-hybridized carbons (Fsp3) is 0.625. The van der Waals surface area contributed by atoms with E-state index in [9.17, 15) is 0 Å². The van der Waals surface area contributed by atoms with Crippen LogP contribution < -0.4 is 10.1 Å². The van der Waals surface area contributed by atoms with Gasteiger partial charge in [0.15, 0.2) is 0 Å². The Balaban J connectivity index is 1.91. The molecule has 2 atom stereocenters. The highest BCUT2D eigenvalue weighted by molar-refractivity contribution is 5.36. The fourth-order valence-electron chi connectivity index (χ4n) is 2.92. The second kappa shape index (κ2) is 6.24. The van der Waals surface area contributed by atoms with Gasteiger partial charge < -0.3 is 10.1 Å². The van der Waals surface area contributed by atoms with Gasteiger partial charge in [-0.15, -0.1) is 0 Å². The van der Waals surface area contributed by atoms with Crippen molar-refractivity contribution in [3.8, 4) is 5.75 Å². The van der Waals surface area contributed by atoms with Gasteiger partial charge >= 0.3 is 0 Å². The minimum atomic E-state index is 0.696. The van der Waals surface area contributed by atoms with Gasteiger partial charge in [0, 0.05) is 12.6 Å². The minimum Gasteiger partial charge on any atom is -0.496 e. The average Bonchev–Trinajstić information content (AvgIpc) is 2.38. The maximum absolute atomic E-state index is 5.29. The zero-order chi connectivity index (χ0) is 13.0. The lowest BCUT2D eigenvalue weighted by molar-refractivity contribution is 0.279. The summed E-state index contributed by atoms with van der Waals surface area (Å²) in [5.41, 5.74) is 2.57. The number of hydrogen-bond acceptors (Lipinski definition) is 2. The molecule has 2 nitrogen and oxygen atoms in total. The molecule has 0 amide bonds. The predicted octanol–water partition coefficient (Wildman–Crippen LogP) is 3.67. The summed E-state index contributed by atoms with van der Waals surface area (Å²) in [5, 5.41) is 3.71. The molecule has 0 heterocycles. The van der Waals surface area contributed by atoms with Gasteiger partial charge in [-0.05, 0) is 42.9 Å². The molecule has 2 unspecified atom stereocenters. The molecule has 0 bridgehead atoms. The lowest BCUT2D eigenvalue weighted by Crippen LogP contribution is -2.36. The summed E-state index contributed by atoms with van der Waals surface area (Å²) in [7, 11) is 1.73. The standard InChI is InChI=1S/C16H25NO/c1-12-6-4-5-7-15(12)17-11-14-8-9-16(18-3)13(2)10-14/h8-10,12,15,17H,4-7,11H2,1-3H3. The van der Waals surface area contributed by atoms with Gasteiger partial charge in [0.1, 0.15) is 5.75 Å². The number of nitrogens with one attached hydrogen (secondary N) is 1. The van der Waals surface area contributed by atoms with Crippen LogP contribution in [0.15, 0.2) is 18.2 Å². The van der Waals surface area contributed by atoms with Crippen LogP contribution in [0.2, 0.25) is 0 Å². The fourth-order valence-corrected chi connectivity index (χ4v) is 2.92. The van der Waals surface area contributed by atoms with Gasteiger partial charge in [-0.1, -0.05) is 31.9 Å². The first kappa shape index (κ1) is 13.4. The molecule has 1 aliphatic rings. The quantitative estimate of drug-likeness (QED) is 0.876. The van der Waals surface area contributed by atoms with Crippen molar-refractivity contribution in [2.45, 2.75) is 52.1 Å². The summed E-state index contributed by atoms with van der Waals surface area (Å²) in [6.07, 6.45) is 5.49. The zero-order valence-corrected chi connectivity index (χ0v) is 11.8. The van der Waals surface area contributed by atoms with Crippen LogP contribution in [0.3, 0.4) is 0 Å². The topological polar surface area (TPSA) is 21.3 Å². The lowest BCUT2D eigenvalue weighted by atomic mass is 9.86. The first-order valence-corrected chi connectivity index (χ1v) is 7.07. The van der Waals surface area contributed by atoms with E-state index in [0.29, 0.717) is 6.04 Å². The third-order valence-corrected chi connectivity index (χ3v) is 4.14. The maximum Gasteiger partial charge on any atom is 0.121 e. The van der Waals surface area contributed by atoms with Crippen LogP contribution in [0, 0.1) is 12.8 Å². The normalized spacial score (nSPS) is 23.9. The number of rotatable bonds is 4. The van der Waals surface area contributed by atoms with Crippen molar-refractivity contribution in [1.82, 2.24) is 5.32 Å². The van der Waals surface area contributed by atoms with E-state index in [0.717, 1.165) is 18.2 Å². The zero-order valence-electron chi connectivity index (χ0n) is 11.8. The highest BCUT2D eigenvalue weighted by Gasteiger charge is 2.20. The van der Waals surface area contributed by atoms with E-state index in [1.54, 1.807) is 7.11 Å². The van der Waals surface area contributed by atoms with Crippen molar-refractivity contribution in [2.24, 2.45) is 5.92 Å². The molecule has 1 N–H and O–H groups in total. The van der Waals surface area contributed by atoms with Gasteiger partial charge in [0.2, 0.25) is 0 Å². The molecule has 1 aromatic rings. The molecule has 1 saturated carbocycles. The van der Waals surface area contributed by atoms with Crippen LogP contribution in [0.25, 0.3) is 0 Å². The van der Waals surface area contributed by atoms with E-state index in [1.165, 1.54) is 36.8 Å². The molecule has 18 heavy (non-hydrogen) atoms. The largest absolute Gasteiger partial charge is 0.496 e. The number of hydrogen-bond donors (Lipinski definition) is 1. The Labute approximate surface area is 111 Å². The predicted molar refractivity (Wildman–Crippen MR) is 76.0 cm³/mol. The first-order chi connectivity index (χ1) is 8.70. The molecule has 1 aliphatic carbocycles. The SMILES string of the molecule is COc1ccc(CNC2CCCCC2C)cc1C. The lowest BCUT2D eigenvalue weighted by Gasteiger charge is -2.29. The molecular weight excluding hydrogens is 222 g/mol. The molecule has 1 fully saturated rings. The summed E-state index contributed by atoms with van der Waals surface area (Å²) < 4.78 is 5.29. The monoisotopic (exact) mass is 247 g/mol. The van der Waals surface area contributed by atoms with Crippen LogP contribution >= 0.6 is 0 Å². The minimum absolute atomic E-state index is 0.696. The molecule has 0 spiro atoms. The van der Waals surface area contributed by atoms with Gasteiger partial charge in [-0.3, -0.25) is 0 Å². The highest BCUT2D eigenvalue weighted by Crippen LogP contribution is 2.24. The van der Waals surface area contributed by atoms with Crippen LogP contribution in [0.1, 0.15) is 43.7 Å². The second-order valence-corrected chi connectivity index (χ2v) is 5.55. The Morgan fingerprint density at radius 2 is 2.06 bits per heavy atom. The Kier molecular flexibility index (Phi) is 4.65. The van der Waals surface area contributed by atoms with Gasteiger partial charge in [-0.25, -0.2) is 0 Å². The Bertz CT molecular complexity index is 389. The van der Waals surface area contributed by atoms with E-state index in [-0.39, 0.29) is 0 Å². The van der Waals surface area contributed by atoms with E-state index in [1.807, 2.05) is 0 Å². The number of methoxy groups -OCH3 is 1. The Morgan fingerprint density at radius 3 is 2.72 bits per heavy atom. The van der Waals surface area contributed by atoms with Crippen molar-refractivity contribution in [2.75, 3.05) is 7.11 Å². The summed E-state index contributed by atoms with van der Waals surface area (Å²) in [6.45, 7) is 5.45. The molecule has 0 saturated heterocycles. The summed E-state index contributed by atoms with van der Waals surface area (Å²) in [4.78, 5) is 0. The molecular formula is C16H25NO. The van der Waals surface area contributed by atoms with Crippen molar-refractivity contribution in [3.05, 3.63) is 29.3 Å². The third kappa shape index (κ3) is 3.26. The highest BCUT2D eigenvalue weighted by atomic mass is 16.5. The van der Waals surface area contributed by atoms with Crippen LogP contribution in [-0.2, 0) is 6.54 Å². The molecule has 1 aromatic carbocycles. The number of benzene rings is 1. The maximum atomic E-state index is 5.29. The van der Waals surface area contributed by atoms with Crippen LogP contribution in [0.4, 0.5) is 0 Å². The summed E-state index contributed by atoms with van der Waals surface area (Å²) in [5.74, 6) is 1.79. The Hall–Kier alpha value is -1.02. The molecule has 100 valence electrons. The molecule has 0 radical (unpaired) electrons. The van der Waals surface area contributed by atoms with Crippen LogP contribution in [0.5, 0.6) is 5.75 Å². The van der Waals surface area contributed by atoms with Gasteiger partial charge in [0.25, 0.3) is 0 Å². The smallest absolute Gasteiger partial charge is 0.121 e. The van der Waals surface area contributed by atoms with Crippen molar-refractivity contribution >= 4 is 0 Å². The van der Waals surface area contributed by atoms with E-state index in [2.05, 4.69) is 37.4 Å². The first-order valence-electron chi connectivity index (χ1n) is 7.07. The van der Waals surface area contributed by atoms with Crippen molar-refractivity contribution < 1.29 is 4.74 Å². The average molecular weight is 247 g/mol. The summed E-state index contributed by atoms with van der Waals surface area (Å²) >= 11 is 0. The third-order valence-electron chi connectivity index (χ3n) is 4.14. The molecule has 0 aliphatic heterocycles. The van der Waals surface area contributed by atoms with E-state index >= 15 is 0 Å². The number of ether oxygens (including phenoxy) is 1. The van der Waals surface area contributed by atoms with Crippen LogP contribution in [-0.4, -0.2) is 13.2 Å². The Morgan fingerprint density at radius 1 is 1.28 bits per heavy atom. The van der Waals surface area contributed by atoms with E-state index in [4.69, 9.17) is 4.74 Å². The van der Waals surface area contributed by atoms with E-state index < -0.39 is 0 Å². The summed E-state index contributed by atoms with van der Waals surface area (Å²) in [6, 6.07) is 7.14. The molecule has 2 rings (SSSR count). The van der Waals surface area contributed by atoms with Gasteiger partial charge in [0.05, 0.1) is 7.11 Å².